The number of esters is 1. The van der Waals surface area contributed by atoms with Crippen LogP contribution in [0.3, 0.4) is 0 Å². The van der Waals surface area contributed by atoms with Gasteiger partial charge < -0.3 is 20.7 Å². The number of halogens is 1. The number of hydrogen-bond acceptors (Lipinski definition) is 7. The number of carbonyl (C=O) groups excluding carboxylic acids is 4. The Morgan fingerprint density at radius 1 is 1.02 bits per heavy atom. The van der Waals surface area contributed by atoms with Crippen LogP contribution in [-0.2, 0) is 27.2 Å². The fraction of sp³-hybridized carbons (Fsp3) is 0.243. The van der Waals surface area contributed by atoms with E-state index in [-0.39, 0.29) is 23.8 Å². The Labute approximate surface area is 287 Å². The van der Waals surface area contributed by atoms with Crippen LogP contribution in [0.5, 0.6) is 0 Å². The molecule has 0 saturated carbocycles. The van der Waals surface area contributed by atoms with Crippen LogP contribution in [0.25, 0.3) is 6.08 Å². The topological polar surface area (TPSA) is 114 Å². The predicted octanol–water partition coefficient (Wildman–Crippen LogP) is 7.72. The summed E-state index contributed by atoms with van der Waals surface area (Å²) < 4.78 is 19.8. The first-order valence-electron chi connectivity index (χ1n) is 15.7. The van der Waals surface area contributed by atoms with Crippen molar-refractivity contribution in [2.75, 3.05) is 17.2 Å². The number of thiophene rings is 1. The van der Waals surface area contributed by atoms with Gasteiger partial charge in [-0.25, -0.2) is 9.18 Å². The Balaban J connectivity index is 1.30. The van der Waals surface area contributed by atoms with Crippen LogP contribution >= 0.6 is 23.1 Å². The Bertz CT molecular complexity index is 1860. The standard InChI is InChI=1S/C37H36FN3O5S2/c1-4-46-37(45)32-28-18-17-22(2)19-31(28)48-36(32)41-33(42)23(3)47-27-15-10-14-26(21-27)39-35(44)30(20-25-13-8-9-16-29(25)38)40-34(43)24-11-6-5-7-12-24/h5-16,20-23H,4,17-19H2,1-3H3,(H,39,44)(H,40,43)(H,41,42)/b30-20-. The van der Waals surface area contributed by atoms with Crippen LogP contribution < -0.4 is 16.0 Å². The molecule has 8 nitrogen and oxygen atoms in total. The predicted molar refractivity (Wildman–Crippen MR) is 189 cm³/mol. The van der Waals surface area contributed by atoms with Crippen molar-refractivity contribution < 1.29 is 28.3 Å². The van der Waals surface area contributed by atoms with E-state index in [4.69, 9.17) is 4.74 Å². The fourth-order valence-electron chi connectivity index (χ4n) is 5.26. The molecule has 0 radical (unpaired) electrons. The second-order valence-electron chi connectivity index (χ2n) is 11.4. The van der Waals surface area contributed by atoms with Crippen molar-refractivity contribution in [3.8, 4) is 0 Å². The van der Waals surface area contributed by atoms with Gasteiger partial charge in [-0.2, -0.15) is 0 Å². The zero-order valence-corrected chi connectivity index (χ0v) is 28.4. The van der Waals surface area contributed by atoms with Gasteiger partial charge in [0, 0.05) is 26.6 Å². The molecule has 3 N–H and O–H groups in total. The lowest BCUT2D eigenvalue weighted by Gasteiger charge is -2.18. The smallest absolute Gasteiger partial charge is 0.341 e. The van der Waals surface area contributed by atoms with Crippen molar-refractivity contribution in [3.05, 3.63) is 118 Å². The van der Waals surface area contributed by atoms with E-state index in [9.17, 15) is 23.6 Å². The van der Waals surface area contributed by atoms with Crippen LogP contribution in [0.1, 0.15) is 63.9 Å². The van der Waals surface area contributed by atoms with Crippen molar-refractivity contribution in [2.24, 2.45) is 5.92 Å². The average Bonchev–Trinajstić information content (AvgIpc) is 3.42. The number of nitrogens with one attached hydrogen (secondary N) is 3. The van der Waals surface area contributed by atoms with Crippen LogP contribution in [0.15, 0.2) is 89.5 Å². The van der Waals surface area contributed by atoms with E-state index in [1.54, 1.807) is 68.4 Å². The van der Waals surface area contributed by atoms with Crippen LogP contribution in [0, 0.1) is 11.7 Å². The number of hydrogen-bond donors (Lipinski definition) is 3. The lowest BCUT2D eigenvalue weighted by atomic mass is 9.88. The number of fused-ring (bicyclic) bond motifs is 1. The summed E-state index contributed by atoms with van der Waals surface area (Å²) >= 11 is 2.72. The Hall–Kier alpha value is -4.74. The normalized spacial score (nSPS) is 14.8. The van der Waals surface area contributed by atoms with Crippen LogP contribution in [-0.4, -0.2) is 35.5 Å². The number of amides is 3. The molecule has 0 bridgehead atoms. The molecule has 2 unspecified atom stereocenters. The highest BCUT2D eigenvalue weighted by Crippen LogP contribution is 2.40. The Morgan fingerprint density at radius 2 is 1.77 bits per heavy atom. The maximum Gasteiger partial charge on any atom is 0.341 e. The highest BCUT2D eigenvalue weighted by molar-refractivity contribution is 8.00. The Morgan fingerprint density at radius 3 is 2.52 bits per heavy atom. The number of carbonyl (C=O) groups is 4. The number of thioether (sulfide) groups is 1. The van der Waals surface area contributed by atoms with Gasteiger partial charge in [-0.05, 0) is 87.1 Å². The van der Waals surface area contributed by atoms with Crippen molar-refractivity contribution in [2.45, 2.75) is 50.2 Å². The second-order valence-corrected chi connectivity index (χ2v) is 13.9. The van der Waals surface area contributed by atoms with Gasteiger partial charge in [0.1, 0.15) is 16.5 Å². The molecule has 1 aliphatic carbocycles. The third-order valence-electron chi connectivity index (χ3n) is 7.74. The minimum atomic E-state index is -0.655. The summed E-state index contributed by atoms with van der Waals surface area (Å²) in [5.41, 5.74) is 2.16. The third-order valence-corrected chi connectivity index (χ3v) is 10.00. The molecule has 248 valence electrons. The van der Waals surface area contributed by atoms with Gasteiger partial charge in [-0.15, -0.1) is 23.1 Å². The van der Waals surface area contributed by atoms with Crippen molar-refractivity contribution in [1.82, 2.24) is 5.32 Å². The molecule has 3 aromatic carbocycles. The summed E-state index contributed by atoms with van der Waals surface area (Å²) in [6, 6.07) is 21.3. The van der Waals surface area contributed by atoms with E-state index in [0.717, 1.165) is 29.7 Å². The van der Waals surface area contributed by atoms with Gasteiger partial charge in [0.15, 0.2) is 0 Å². The Kier molecular flexibility index (Phi) is 11.5. The minimum absolute atomic E-state index is 0.132. The molecule has 48 heavy (non-hydrogen) atoms. The van der Waals surface area contributed by atoms with Gasteiger partial charge in [0.25, 0.3) is 11.8 Å². The van der Waals surface area contributed by atoms with E-state index in [0.29, 0.717) is 32.6 Å². The van der Waals surface area contributed by atoms with Crippen LogP contribution in [0.4, 0.5) is 15.1 Å². The quantitative estimate of drug-likeness (QED) is 0.0847. The third kappa shape index (κ3) is 8.59. The SMILES string of the molecule is CCOC(=O)c1c(NC(=O)C(C)Sc2cccc(NC(=O)/C(=C/c3ccccc3F)NC(=O)c3ccccc3)c2)sc2c1CCC(C)C2. The molecule has 0 saturated heterocycles. The zero-order chi connectivity index (χ0) is 34.2. The van der Waals surface area contributed by atoms with Crippen molar-refractivity contribution in [3.63, 3.8) is 0 Å². The first-order chi connectivity index (χ1) is 23.1. The molecule has 5 rings (SSSR count). The molecule has 11 heteroatoms. The molecule has 4 aromatic rings. The molecule has 1 heterocycles. The average molecular weight is 686 g/mol. The van der Waals surface area contributed by atoms with E-state index in [1.807, 2.05) is 6.07 Å². The summed E-state index contributed by atoms with van der Waals surface area (Å²) in [6.07, 6.45) is 3.89. The summed E-state index contributed by atoms with van der Waals surface area (Å²) in [4.78, 5) is 54.5. The highest BCUT2D eigenvalue weighted by Gasteiger charge is 2.30. The summed E-state index contributed by atoms with van der Waals surface area (Å²) in [6.45, 7) is 5.94. The largest absolute Gasteiger partial charge is 0.462 e. The maximum atomic E-state index is 14.5. The van der Waals surface area contributed by atoms with E-state index < -0.39 is 28.9 Å². The minimum Gasteiger partial charge on any atom is -0.462 e. The number of rotatable bonds is 11. The second kappa shape index (κ2) is 15.9. The zero-order valence-electron chi connectivity index (χ0n) is 26.8. The van der Waals surface area contributed by atoms with E-state index >= 15 is 0 Å². The first-order valence-corrected chi connectivity index (χ1v) is 17.4. The summed E-state index contributed by atoms with van der Waals surface area (Å²) in [7, 11) is 0. The summed E-state index contributed by atoms with van der Waals surface area (Å²) in [5.74, 6) is -1.92. The van der Waals surface area contributed by atoms with Crippen LogP contribution in [0.2, 0.25) is 0 Å². The van der Waals surface area contributed by atoms with Crippen molar-refractivity contribution >= 4 is 63.6 Å². The van der Waals surface area contributed by atoms with Gasteiger partial charge in [0.05, 0.1) is 17.4 Å². The van der Waals surface area contributed by atoms with Gasteiger partial charge in [-0.1, -0.05) is 49.4 Å². The number of benzene rings is 3. The molecule has 0 fully saturated rings. The molecule has 1 aromatic heterocycles. The molecule has 1 aliphatic rings. The van der Waals surface area contributed by atoms with Gasteiger partial charge >= 0.3 is 5.97 Å². The van der Waals surface area contributed by atoms with E-state index in [2.05, 4.69) is 22.9 Å². The van der Waals surface area contributed by atoms with Gasteiger partial charge in [-0.3, -0.25) is 14.4 Å². The summed E-state index contributed by atoms with van der Waals surface area (Å²) in [5, 5.41) is 8.32. The molecule has 0 spiro atoms. The number of ether oxygens (including phenoxy) is 1. The van der Waals surface area contributed by atoms with Crippen molar-refractivity contribution in [1.29, 1.82) is 0 Å². The lowest BCUT2D eigenvalue weighted by molar-refractivity contribution is -0.115. The fourth-order valence-corrected chi connectivity index (χ4v) is 7.59. The van der Waals surface area contributed by atoms with E-state index in [1.165, 1.54) is 47.4 Å². The molecule has 2 atom stereocenters. The molecule has 0 aliphatic heterocycles. The molecule has 3 amide bonds. The molecular weight excluding hydrogens is 650 g/mol. The monoisotopic (exact) mass is 685 g/mol. The van der Waals surface area contributed by atoms with Gasteiger partial charge in [0.2, 0.25) is 5.91 Å². The molecular formula is C37H36FN3O5S2. The lowest BCUT2D eigenvalue weighted by Crippen LogP contribution is -2.30. The first kappa shape index (κ1) is 34.6. The maximum absolute atomic E-state index is 14.5. The number of anilines is 2. The highest BCUT2D eigenvalue weighted by atomic mass is 32.2.